The average Bonchev–Trinajstić information content (AvgIpc) is 3.79. The first-order chi connectivity index (χ1) is 34.6. The molecule has 2 saturated heterocycles. The number of hydrogen-bond donors (Lipinski definition) is 2. The van der Waals surface area contributed by atoms with Crippen molar-refractivity contribution in [1.29, 1.82) is 0 Å². The summed E-state index contributed by atoms with van der Waals surface area (Å²) in [6.45, 7) is 10.3. The zero-order chi connectivity index (χ0) is 50.6. The van der Waals surface area contributed by atoms with Crippen molar-refractivity contribution in [3.63, 3.8) is 0 Å². The van der Waals surface area contributed by atoms with Gasteiger partial charge >= 0.3 is 5.91 Å². The number of pyridine rings is 2. The largest absolute Gasteiger partial charge is 0.402 e. The monoisotopic (exact) mass is 970 g/mol. The number of halogens is 1. The third-order valence-corrected chi connectivity index (χ3v) is 15.4. The Morgan fingerprint density at radius 3 is 2.40 bits per heavy atom. The lowest BCUT2D eigenvalue weighted by atomic mass is 9.85. The fraction of sp³-hybridized carbons (Fsp3) is 0.351. The van der Waals surface area contributed by atoms with Crippen molar-refractivity contribution in [2.24, 2.45) is 13.0 Å². The van der Waals surface area contributed by atoms with E-state index in [4.69, 9.17) is 0 Å². The Kier molecular flexibility index (Phi) is 13.0. The van der Waals surface area contributed by atoms with Crippen LogP contribution in [0.25, 0.3) is 22.3 Å². The minimum Gasteiger partial charge on any atom is -0.388 e. The fourth-order valence-electron chi connectivity index (χ4n) is 11.1. The van der Waals surface area contributed by atoms with Crippen LogP contribution in [0.5, 0.6) is 0 Å². The summed E-state index contributed by atoms with van der Waals surface area (Å²) < 4.78 is 21.4. The number of fused-ring (bicyclic) bond motifs is 2. The van der Waals surface area contributed by atoms with E-state index in [0.717, 1.165) is 101 Å². The number of aryl methyl sites for hydroxylation is 2. The Labute approximate surface area is 418 Å². The Morgan fingerprint density at radius 2 is 1.71 bits per heavy atom. The van der Waals surface area contributed by atoms with Crippen LogP contribution in [0, 0.1) is 18.7 Å². The molecule has 10 rings (SSSR count). The van der Waals surface area contributed by atoms with E-state index in [9.17, 15) is 24.0 Å². The highest BCUT2D eigenvalue weighted by Crippen LogP contribution is 2.42. The molecule has 2 N–H and O–H groups in total. The molecule has 0 saturated carbocycles. The highest BCUT2D eigenvalue weighted by atomic mass is 19.1. The van der Waals surface area contributed by atoms with Crippen LogP contribution in [0.4, 0.5) is 21.5 Å². The third kappa shape index (κ3) is 9.11. The van der Waals surface area contributed by atoms with Crippen molar-refractivity contribution in [1.82, 2.24) is 29.2 Å². The van der Waals surface area contributed by atoms with E-state index >= 15 is 4.39 Å². The molecule has 0 bridgehead atoms. The van der Waals surface area contributed by atoms with Crippen molar-refractivity contribution in [3.8, 4) is 5.69 Å². The molecule has 14 nitrogen and oxygen atoms in total. The lowest BCUT2D eigenvalue weighted by molar-refractivity contribution is -0.361. The number of carbonyl (C=O) groups excluding carboxylic acids is 4. The number of carbonyl (C=O) groups is 4. The summed E-state index contributed by atoms with van der Waals surface area (Å²) in [5.41, 5.74) is 9.81. The van der Waals surface area contributed by atoms with E-state index in [1.54, 1.807) is 58.9 Å². The number of aromatic nitrogens is 3. The molecule has 7 heterocycles. The molecule has 0 spiro atoms. The second-order valence-corrected chi connectivity index (χ2v) is 20.4. The van der Waals surface area contributed by atoms with Crippen LogP contribution < -0.4 is 21.1 Å². The Balaban J connectivity index is 0.741. The second kappa shape index (κ2) is 19.3. The SMILES string of the molecule is CNc1ccn(-c2ccnc3c2cc(CN2CC=C(c4c(C)cc(C(=O)N(C)c5ccc(C6CCN(Cc7ccc8c(c7)C(C)(C)C(=O)[N+]8=CC7CCC(=O)NC7=O)CC6)cc5)cc4F)CC2)n3C)c(=O)c1. The zero-order valence-corrected chi connectivity index (χ0v) is 41.8. The summed E-state index contributed by atoms with van der Waals surface area (Å²) in [6, 6.07) is 24.9. The van der Waals surface area contributed by atoms with Crippen molar-refractivity contribution in [3.05, 3.63) is 153 Å². The number of nitrogens with zero attached hydrogens (tertiary/aromatic N) is 7. The van der Waals surface area contributed by atoms with Gasteiger partial charge in [0, 0.05) is 117 Å². The molecule has 1 unspecified atom stereocenters. The number of anilines is 2. The van der Waals surface area contributed by atoms with Crippen LogP contribution in [0.3, 0.4) is 0 Å². The molecule has 4 aliphatic rings. The topological polar surface area (TPSA) is 145 Å². The number of imide groups is 1. The predicted molar refractivity (Wildman–Crippen MR) is 278 cm³/mol. The molecular formula is C57H61FN9O5+. The Morgan fingerprint density at radius 1 is 0.931 bits per heavy atom. The van der Waals surface area contributed by atoms with Crippen LogP contribution in [-0.2, 0) is 39.9 Å². The van der Waals surface area contributed by atoms with E-state index in [0.29, 0.717) is 43.0 Å². The van der Waals surface area contributed by atoms with Gasteiger partial charge in [0.25, 0.3) is 11.5 Å². The van der Waals surface area contributed by atoms with Crippen molar-refractivity contribution < 1.29 is 28.1 Å². The highest BCUT2D eigenvalue weighted by molar-refractivity contribution is 6.07. The maximum absolute atomic E-state index is 16.1. The third-order valence-electron chi connectivity index (χ3n) is 15.4. The number of hydrogen-bond acceptors (Lipinski definition) is 9. The number of nitrogens with one attached hydrogen (secondary N) is 2. The lowest BCUT2D eigenvalue weighted by Gasteiger charge is -2.32. The van der Waals surface area contributed by atoms with Crippen molar-refractivity contribution >= 4 is 63.5 Å². The number of amides is 4. The number of likely N-dealkylation sites (tertiary alicyclic amines) is 1. The van der Waals surface area contributed by atoms with Gasteiger partial charge in [-0.15, -0.1) is 4.58 Å². The number of rotatable bonds is 11. The first kappa shape index (κ1) is 48.3. The fourth-order valence-corrected chi connectivity index (χ4v) is 11.1. The molecular weight excluding hydrogens is 910 g/mol. The molecule has 370 valence electrons. The summed E-state index contributed by atoms with van der Waals surface area (Å²) in [6.07, 6.45) is 10.5. The molecule has 4 amide bonds. The van der Waals surface area contributed by atoms with Gasteiger partial charge in [-0.3, -0.25) is 38.9 Å². The van der Waals surface area contributed by atoms with Crippen molar-refractivity contribution in [2.75, 3.05) is 50.5 Å². The summed E-state index contributed by atoms with van der Waals surface area (Å²) >= 11 is 0. The van der Waals surface area contributed by atoms with Crippen LogP contribution in [0.1, 0.15) is 95.7 Å². The highest BCUT2D eigenvalue weighted by Gasteiger charge is 2.51. The average molecular weight is 971 g/mol. The second-order valence-electron chi connectivity index (χ2n) is 20.4. The Bertz CT molecular complexity index is 3280. The predicted octanol–water partition coefficient (Wildman–Crippen LogP) is 7.74. The summed E-state index contributed by atoms with van der Waals surface area (Å²) in [5.74, 6) is -1.57. The molecule has 4 aliphatic heterocycles. The molecule has 6 aromatic rings. The minimum atomic E-state index is -0.752. The Hall–Kier alpha value is -7.36. The van der Waals surface area contributed by atoms with E-state index in [2.05, 4.69) is 66.4 Å². The molecule has 72 heavy (non-hydrogen) atoms. The molecule has 3 aromatic carbocycles. The molecule has 0 aliphatic carbocycles. The first-order valence-corrected chi connectivity index (χ1v) is 24.9. The molecule has 1 atom stereocenters. The summed E-state index contributed by atoms with van der Waals surface area (Å²) in [7, 11) is 5.50. The van der Waals surface area contributed by atoms with Crippen molar-refractivity contribution in [2.45, 2.75) is 77.3 Å². The van der Waals surface area contributed by atoms with Gasteiger partial charge in [0.05, 0.1) is 5.69 Å². The van der Waals surface area contributed by atoms with Gasteiger partial charge in [0.15, 0.2) is 6.21 Å². The number of piperidine rings is 2. The van der Waals surface area contributed by atoms with Crippen LogP contribution in [0.15, 0.2) is 102 Å². The summed E-state index contributed by atoms with van der Waals surface area (Å²) in [5, 5.41) is 6.29. The quantitative estimate of drug-likeness (QED) is 0.0985. The van der Waals surface area contributed by atoms with Gasteiger partial charge in [0.1, 0.15) is 22.8 Å². The first-order valence-electron chi connectivity index (χ1n) is 24.9. The maximum atomic E-state index is 16.1. The van der Waals surface area contributed by atoms with Gasteiger partial charge in [-0.05, 0) is 136 Å². The normalized spacial score (nSPS) is 19.2. The van der Waals surface area contributed by atoms with Crippen LogP contribution in [-0.4, -0.2) is 98.6 Å². The molecule has 3 aromatic heterocycles. The smallest absolute Gasteiger partial charge is 0.388 e. The van der Waals surface area contributed by atoms with Gasteiger partial charge in [-0.25, -0.2) is 14.2 Å². The van der Waals surface area contributed by atoms with Crippen LogP contribution in [0.2, 0.25) is 0 Å². The van der Waals surface area contributed by atoms with E-state index in [1.165, 1.54) is 11.6 Å². The van der Waals surface area contributed by atoms with Gasteiger partial charge < -0.3 is 14.8 Å². The van der Waals surface area contributed by atoms with Gasteiger partial charge in [-0.1, -0.05) is 24.3 Å². The summed E-state index contributed by atoms with van der Waals surface area (Å²) in [4.78, 5) is 75.6. The van der Waals surface area contributed by atoms with E-state index in [1.807, 2.05) is 58.2 Å². The standard InChI is InChI=1S/C57H60FN9O5/c1-35-27-41(29-47(58)52(35)39-18-24-65(25-19-39)34-44-31-45-48(15-21-60-53(45)62(44)5)66-26-20-42(59-4)30-51(66)69)55(71)63(6)43-11-8-37(9-12-43)38-16-22-64(23-17-38)32-36-7-13-49-46(28-36)57(2,3)56(72)67(49)33-40-10-14-50(68)61-54(40)70/h7-9,11-13,15,18,20-21,26-31,33,38,40H,10,14,16-17,19,22-25,32,34H2,1-6H3,(H-,59,61,68,69,70)/p+1. The van der Waals surface area contributed by atoms with E-state index < -0.39 is 17.2 Å². The van der Waals surface area contributed by atoms with Gasteiger partial charge in [-0.2, -0.15) is 0 Å². The van der Waals surface area contributed by atoms with E-state index in [-0.39, 0.29) is 35.6 Å². The van der Waals surface area contributed by atoms with Crippen LogP contribution >= 0.6 is 0 Å². The molecule has 15 heteroatoms. The molecule has 2 fully saturated rings. The number of benzene rings is 3. The van der Waals surface area contributed by atoms with Gasteiger partial charge in [0.2, 0.25) is 17.5 Å². The maximum Gasteiger partial charge on any atom is 0.402 e. The zero-order valence-electron chi connectivity index (χ0n) is 41.8. The minimum absolute atomic E-state index is 0.0838. The lowest BCUT2D eigenvalue weighted by Crippen LogP contribution is -2.42. The molecule has 0 radical (unpaired) electrons.